The number of alkyl halides is 3. The monoisotopic (exact) mass is 227 g/mol. The minimum Gasteiger partial charge on any atom is -0.480 e. The number of halogens is 3. The number of rotatable bonds is 5. The van der Waals surface area contributed by atoms with Gasteiger partial charge >= 0.3 is 12.1 Å². The summed E-state index contributed by atoms with van der Waals surface area (Å²) < 4.78 is 35.6. The third-order valence-electron chi connectivity index (χ3n) is 2.57. The molecule has 0 bridgehead atoms. The number of aliphatic carboxylic acids is 1. The molecule has 1 unspecified atom stereocenters. The van der Waals surface area contributed by atoms with Gasteiger partial charge in [-0.3, -0.25) is 9.69 Å². The maximum absolute atomic E-state index is 11.9. The molecule has 0 saturated heterocycles. The molecule has 0 radical (unpaired) electrons. The van der Waals surface area contributed by atoms with Crippen molar-refractivity contribution in [1.82, 2.24) is 4.90 Å². The average Bonchev–Trinajstić information content (AvgIpc) is 2.00. The van der Waals surface area contributed by atoms with E-state index in [2.05, 4.69) is 0 Å². The van der Waals surface area contributed by atoms with E-state index in [4.69, 9.17) is 5.11 Å². The molecule has 6 heteroatoms. The van der Waals surface area contributed by atoms with Crippen LogP contribution >= 0.6 is 0 Å². The molecule has 1 atom stereocenters. The maximum Gasteiger partial charge on any atom is 0.389 e. The van der Waals surface area contributed by atoms with Crippen LogP contribution in [0.1, 0.15) is 26.2 Å². The molecule has 3 nitrogen and oxygen atoms in total. The third-order valence-corrected chi connectivity index (χ3v) is 2.57. The first kappa shape index (κ1) is 14.2. The zero-order valence-electron chi connectivity index (χ0n) is 9.06. The summed E-state index contributed by atoms with van der Waals surface area (Å²) in [5, 5.41) is 8.91. The first-order valence-corrected chi connectivity index (χ1v) is 4.57. The standard InChI is InChI=1S/C9H16F3NO2/c1-8(7(14)15,13(2)3)5-4-6-9(10,11)12/h4-6H2,1-3H3,(H,14,15). The van der Waals surface area contributed by atoms with Crippen LogP contribution in [0.3, 0.4) is 0 Å². The van der Waals surface area contributed by atoms with Gasteiger partial charge in [-0.15, -0.1) is 0 Å². The minimum absolute atomic E-state index is 0.0190. The normalized spacial score (nSPS) is 16.5. The van der Waals surface area contributed by atoms with Crippen LogP contribution in [0.25, 0.3) is 0 Å². The molecule has 1 N–H and O–H groups in total. The Morgan fingerprint density at radius 2 is 1.73 bits per heavy atom. The van der Waals surface area contributed by atoms with E-state index in [1.807, 2.05) is 0 Å². The van der Waals surface area contributed by atoms with Gasteiger partial charge in [-0.05, 0) is 33.9 Å². The summed E-state index contributed by atoms with van der Waals surface area (Å²) >= 11 is 0. The molecule has 15 heavy (non-hydrogen) atoms. The average molecular weight is 227 g/mol. The summed E-state index contributed by atoms with van der Waals surface area (Å²) in [6, 6.07) is 0. The van der Waals surface area contributed by atoms with E-state index < -0.39 is 24.1 Å². The van der Waals surface area contributed by atoms with Gasteiger partial charge < -0.3 is 5.11 Å². The Balaban J connectivity index is 4.28. The van der Waals surface area contributed by atoms with Crippen LogP contribution in [0, 0.1) is 0 Å². The van der Waals surface area contributed by atoms with Crippen molar-refractivity contribution >= 4 is 5.97 Å². The van der Waals surface area contributed by atoms with E-state index in [9.17, 15) is 18.0 Å². The lowest BCUT2D eigenvalue weighted by Crippen LogP contribution is -2.48. The molecule has 0 fully saturated rings. The Morgan fingerprint density at radius 1 is 1.27 bits per heavy atom. The lowest BCUT2D eigenvalue weighted by Gasteiger charge is -2.32. The van der Waals surface area contributed by atoms with Crippen LogP contribution in [-0.2, 0) is 4.79 Å². The van der Waals surface area contributed by atoms with Crippen molar-refractivity contribution in [2.75, 3.05) is 14.1 Å². The van der Waals surface area contributed by atoms with E-state index in [1.165, 1.54) is 11.8 Å². The molecule has 0 aromatic carbocycles. The second kappa shape index (κ2) is 4.83. The van der Waals surface area contributed by atoms with Crippen LogP contribution in [0.4, 0.5) is 13.2 Å². The summed E-state index contributed by atoms with van der Waals surface area (Å²) in [5.74, 6) is -1.10. The van der Waals surface area contributed by atoms with Gasteiger partial charge in [0.1, 0.15) is 5.54 Å². The van der Waals surface area contributed by atoms with Crippen molar-refractivity contribution in [3.63, 3.8) is 0 Å². The molecule has 0 spiro atoms. The number of nitrogens with zero attached hydrogens (tertiary/aromatic N) is 1. The predicted octanol–water partition coefficient (Wildman–Crippen LogP) is 2.12. The number of carbonyl (C=O) groups is 1. The Kier molecular flexibility index (Phi) is 4.58. The third kappa shape index (κ3) is 4.51. The molecule has 0 heterocycles. The van der Waals surface area contributed by atoms with Crippen LogP contribution in [0.15, 0.2) is 0 Å². The number of hydrogen-bond acceptors (Lipinski definition) is 2. The largest absolute Gasteiger partial charge is 0.480 e. The summed E-state index contributed by atoms with van der Waals surface area (Å²) in [6.45, 7) is 1.42. The Bertz CT molecular complexity index is 228. The number of carboxylic acid groups (broad SMARTS) is 1. The maximum atomic E-state index is 11.9. The van der Waals surface area contributed by atoms with Crippen LogP contribution in [0.5, 0.6) is 0 Å². The smallest absolute Gasteiger partial charge is 0.389 e. The molecular weight excluding hydrogens is 211 g/mol. The van der Waals surface area contributed by atoms with Gasteiger partial charge in [0.15, 0.2) is 0 Å². The van der Waals surface area contributed by atoms with Crippen molar-refractivity contribution in [2.24, 2.45) is 0 Å². The molecule has 0 rings (SSSR count). The summed E-state index contributed by atoms with van der Waals surface area (Å²) in [5.41, 5.74) is -1.23. The lowest BCUT2D eigenvalue weighted by atomic mass is 9.93. The molecule has 0 aliphatic rings. The predicted molar refractivity (Wildman–Crippen MR) is 49.6 cm³/mol. The van der Waals surface area contributed by atoms with Gasteiger partial charge in [0.25, 0.3) is 0 Å². The van der Waals surface area contributed by atoms with Crippen molar-refractivity contribution in [3.8, 4) is 0 Å². The van der Waals surface area contributed by atoms with Crippen LogP contribution < -0.4 is 0 Å². The van der Waals surface area contributed by atoms with Gasteiger partial charge in [0, 0.05) is 6.42 Å². The van der Waals surface area contributed by atoms with Gasteiger partial charge in [-0.2, -0.15) is 13.2 Å². The second-order valence-electron chi connectivity index (χ2n) is 3.94. The first-order chi connectivity index (χ1) is 6.59. The van der Waals surface area contributed by atoms with E-state index in [0.29, 0.717) is 0 Å². The van der Waals surface area contributed by atoms with Gasteiger partial charge in [0.2, 0.25) is 0 Å². The van der Waals surface area contributed by atoms with Crippen LogP contribution in [-0.4, -0.2) is 41.8 Å². The molecule has 90 valence electrons. The summed E-state index contributed by atoms with van der Waals surface area (Å²) in [4.78, 5) is 12.3. The fourth-order valence-electron chi connectivity index (χ4n) is 1.15. The molecule has 0 aromatic rings. The summed E-state index contributed by atoms with van der Waals surface area (Å²) in [6.07, 6.45) is -5.35. The molecule has 0 amide bonds. The fourth-order valence-corrected chi connectivity index (χ4v) is 1.15. The second-order valence-corrected chi connectivity index (χ2v) is 3.94. The van der Waals surface area contributed by atoms with Crippen molar-refractivity contribution < 1.29 is 23.1 Å². The highest BCUT2D eigenvalue weighted by atomic mass is 19.4. The SMILES string of the molecule is CN(C)C(C)(CCCC(F)(F)F)C(=O)O. The van der Waals surface area contributed by atoms with E-state index >= 15 is 0 Å². The minimum atomic E-state index is -4.22. The first-order valence-electron chi connectivity index (χ1n) is 4.57. The zero-order chi connectivity index (χ0) is 12.3. The van der Waals surface area contributed by atoms with E-state index in [1.54, 1.807) is 14.1 Å². The fraction of sp³-hybridized carbons (Fsp3) is 0.889. The highest BCUT2D eigenvalue weighted by Gasteiger charge is 2.36. The number of likely N-dealkylation sites (N-methyl/N-ethyl adjacent to an activating group) is 1. The van der Waals surface area contributed by atoms with Gasteiger partial charge in [-0.25, -0.2) is 0 Å². The Labute approximate surface area is 86.9 Å². The molecule has 0 aliphatic carbocycles. The number of hydrogen-bond donors (Lipinski definition) is 1. The quantitative estimate of drug-likeness (QED) is 0.782. The number of carboxylic acids is 1. The molecule has 0 aliphatic heterocycles. The van der Waals surface area contributed by atoms with Crippen LogP contribution in [0.2, 0.25) is 0 Å². The van der Waals surface area contributed by atoms with Crippen molar-refractivity contribution in [1.29, 1.82) is 0 Å². The molecular formula is C9H16F3NO2. The van der Waals surface area contributed by atoms with Crippen molar-refractivity contribution in [3.05, 3.63) is 0 Å². The zero-order valence-corrected chi connectivity index (χ0v) is 9.06. The van der Waals surface area contributed by atoms with E-state index in [-0.39, 0.29) is 12.8 Å². The molecule has 0 saturated carbocycles. The van der Waals surface area contributed by atoms with Gasteiger partial charge in [0.05, 0.1) is 0 Å². The lowest BCUT2D eigenvalue weighted by molar-refractivity contribution is -0.152. The highest BCUT2D eigenvalue weighted by Crippen LogP contribution is 2.26. The highest BCUT2D eigenvalue weighted by molar-refractivity contribution is 5.78. The van der Waals surface area contributed by atoms with Crippen molar-refractivity contribution in [2.45, 2.75) is 37.9 Å². The van der Waals surface area contributed by atoms with Gasteiger partial charge in [-0.1, -0.05) is 0 Å². The topological polar surface area (TPSA) is 40.5 Å². The molecule has 0 aromatic heterocycles. The Morgan fingerprint density at radius 3 is 2.00 bits per heavy atom. The van der Waals surface area contributed by atoms with E-state index in [0.717, 1.165) is 0 Å². The summed E-state index contributed by atoms with van der Waals surface area (Å²) in [7, 11) is 3.09. The Hall–Kier alpha value is -0.780.